The van der Waals surface area contributed by atoms with Crippen molar-refractivity contribution < 1.29 is 42.0 Å². The topological polar surface area (TPSA) is 76.0 Å². The van der Waals surface area contributed by atoms with Crippen molar-refractivity contribution in [3.63, 3.8) is 0 Å². The predicted molar refractivity (Wildman–Crippen MR) is 104 cm³/mol. The molecule has 1 fully saturated rings. The number of methoxy groups -OCH3 is 2. The minimum Gasteiger partial charge on any atom is -0.504 e. The highest BCUT2D eigenvalue weighted by Crippen LogP contribution is 2.37. The molecular formula is C22H18F4O5. The van der Waals surface area contributed by atoms with Crippen molar-refractivity contribution in [3.8, 4) is 23.0 Å². The average Bonchev–Trinajstić information content (AvgIpc) is 2.70. The van der Waals surface area contributed by atoms with Gasteiger partial charge in [0.2, 0.25) is 0 Å². The Bertz CT molecular complexity index is 1040. The van der Waals surface area contributed by atoms with Crippen LogP contribution in [0.2, 0.25) is 0 Å². The maximum absolute atomic E-state index is 14.5. The summed E-state index contributed by atoms with van der Waals surface area (Å²) >= 11 is 0. The SMILES string of the molecule is COc1c(O)cc(F)c(/C=C2\CCC/C(=C\c3c(F)cc(O)c(OC)c3F)C2=O)c1F. The van der Waals surface area contributed by atoms with Gasteiger partial charge in [-0.2, -0.15) is 0 Å². The number of phenolic OH excluding ortho intramolecular Hbond substituents is 2. The van der Waals surface area contributed by atoms with Gasteiger partial charge >= 0.3 is 0 Å². The third kappa shape index (κ3) is 4.08. The number of benzene rings is 2. The molecule has 2 aromatic carbocycles. The molecule has 3 rings (SSSR count). The molecule has 9 heteroatoms. The van der Waals surface area contributed by atoms with E-state index in [-0.39, 0.29) is 24.0 Å². The molecule has 1 aliphatic carbocycles. The average molecular weight is 438 g/mol. The van der Waals surface area contributed by atoms with Gasteiger partial charge in [0.1, 0.15) is 11.6 Å². The summed E-state index contributed by atoms with van der Waals surface area (Å²) in [6, 6.07) is 1.32. The van der Waals surface area contributed by atoms with E-state index in [1.165, 1.54) is 0 Å². The van der Waals surface area contributed by atoms with Gasteiger partial charge in [0, 0.05) is 23.3 Å². The van der Waals surface area contributed by atoms with E-state index in [1.807, 2.05) is 0 Å². The lowest BCUT2D eigenvalue weighted by molar-refractivity contribution is -0.112. The number of carbonyl (C=O) groups excluding carboxylic acids is 1. The second-order valence-electron chi connectivity index (χ2n) is 6.80. The lowest BCUT2D eigenvalue weighted by Crippen LogP contribution is -2.13. The second kappa shape index (κ2) is 8.71. The number of halogens is 4. The molecule has 0 bridgehead atoms. The highest BCUT2D eigenvalue weighted by molar-refractivity contribution is 6.14. The van der Waals surface area contributed by atoms with Crippen LogP contribution in [0.15, 0.2) is 23.3 Å². The third-order valence-electron chi connectivity index (χ3n) is 4.90. The Balaban J connectivity index is 2.06. The molecular weight excluding hydrogens is 420 g/mol. The van der Waals surface area contributed by atoms with Gasteiger partial charge in [-0.1, -0.05) is 0 Å². The highest BCUT2D eigenvalue weighted by atomic mass is 19.1. The first kappa shape index (κ1) is 22.2. The highest BCUT2D eigenvalue weighted by Gasteiger charge is 2.26. The van der Waals surface area contributed by atoms with Crippen LogP contribution in [0.1, 0.15) is 30.4 Å². The first-order valence-electron chi connectivity index (χ1n) is 9.15. The molecule has 31 heavy (non-hydrogen) atoms. The molecule has 0 radical (unpaired) electrons. The molecule has 0 saturated heterocycles. The van der Waals surface area contributed by atoms with Crippen molar-refractivity contribution in [1.82, 2.24) is 0 Å². The predicted octanol–water partition coefficient (Wildman–Crippen LogP) is 4.89. The third-order valence-corrected chi connectivity index (χ3v) is 4.90. The van der Waals surface area contributed by atoms with Crippen molar-refractivity contribution in [3.05, 3.63) is 57.7 Å². The zero-order valence-electron chi connectivity index (χ0n) is 16.6. The quantitative estimate of drug-likeness (QED) is 0.525. The molecule has 0 atom stereocenters. The Morgan fingerprint density at radius 1 is 0.806 bits per heavy atom. The number of hydrogen-bond donors (Lipinski definition) is 2. The van der Waals surface area contributed by atoms with Crippen molar-refractivity contribution in [1.29, 1.82) is 0 Å². The summed E-state index contributed by atoms with van der Waals surface area (Å²) in [5.41, 5.74) is -1.12. The van der Waals surface area contributed by atoms with Crippen molar-refractivity contribution in [2.75, 3.05) is 14.2 Å². The van der Waals surface area contributed by atoms with Gasteiger partial charge in [0.25, 0.3) is 0 Å². The van der Waals surface area contributed by atoms with Crippen LogP contribution < -0.4 is 9.47 Å². The molecule has 1 saturated carbocycles. The Labute approximate surface area is 174 Å². The number of rotatable bonds is 4. The van der Waals surface area contributed by atoms with Gasteiger partial charge in [-0.15, -0.1) is 0 Å². The number of Topliss-reactive ketones (excluding diaryl/α,β-unsaturated/α-hetero) is 1. The standard InChI is InChI=1S/C22H18F4O5/c1-30-21-16(27)8-14(23)12(18(21)25)6-10-4-3-5-11(20(10)29)7-13-15(24)9-17(28)22(31-2)19(13)26/h6-9,27-28H,3-5H2,1-2H3/b10-6+,11-7+. The molecule has 0 heterocycles. The summed E-state index contributed by atoms with van der Waals surface area (Å²) in [5.74, 6) is -7.83. The molecule has 2 aromatic rings. The molecule has 0 amide bonds. The van der Waals surface area contributed by atoms with Crippen LogP contribution in [0.5, 0.6) is 23.0 Å². The fourth-order valence-electron chi connectivity index (χ4n) is 3.39. The summed E-state index contributed by atoms with van der Waals surface area (Å²) in [6.45, 7) is 0. The van der Waals surface area contributed by atoms with E-state index in [1.54, 1.807) is 0 Å². The number of carbonyl (C=O) groups is 1. The summed E-state index contributed by atoms with van der Waals surface area (Å²) in [6.07, 6.45) is 2.74. The maximum Gasteiger partial charge on any atom is 0.197 e. The number of allylic oxidation sites excluding steroid dienone is 2. The lowest BCUT2D eigenvalue weighted by atomic mass is 9.86. The minimum atomic E-state index is -1.18. The first-order valence-corrected chi connectivity index (χ1v) is 9.15. The van der Waals surface area contributed by atoms with Gasteiger partial charge in [-0.05, 0) is 31.4 Å². The minimum absolute atomic E-state index is 0.0228. The van der Waals surface area contributed by atoms with Gasteiger partial charge in [0.15, 0.2) is 40.4 Å². The summed E-state index contributed by atoms with van der Waals surface area (Å²) in [5, 5.41) is 19.1. The fraction of sp³-hybridized carbons (Fsp3) is 0.227. The number of phenols is 2. The molecule has 2 N–H and O–H groups in total. The number of ether oxygens (including phenoxy) is 2. The molecule has 5 nitrogen and oxygen atoms in total. The van der Waals surface area contributed by atoms with Crippen LogP contribution in [-0.2, 0) is 4.79 Å². The van der Waals surface area contributed by atoms with E-state index in [0.717, 1.165) is 26.4 Å². The van der Waals surface area contributed by atoms with E-state index >= 15 is 0 Å². The summed E-state index contributed by atoms with van der Waals surface area (Å²) in [7, 11) is 2.18. The van der Waals surface area contributed by atoms with Gasteiger partial charge < -0.3 is 19.7 Å². The Morgan fingerprint density at radius 2 is 1.19 bits per heavy atom. The summed E-state index contributed by atoms with van der Waals surface area (Å²) < 4.78 is 66.9. The van der Waals surface area contributed by atoms with E-state index in [9.17, 15) is 32.6 Å². The molecule has 0 aromatic heterocycles. The summed E-state index contributed by atoms with van der Waals surface area (Å²) in [4.78, 5) is 12.8. The number of hydrogen-bond acceptors (Lipinski definition) is 5. The Hall–Kier alpha value is -3.49. The lowest BCUT2D eigenvalue weighted by Gasteiger charge is -2.18. The number of ketones is 1. The Kier molecular flexibility index (Phi) is 6.24. The monoisotopic (exact) mass is 438 g/mol. The largest absolute Gasteiger partial charge is 0.504 e. The molecule has 0 aliphatic heterocycles. The smallest absolute Gasteiger partial charge is 0.197 e. The maximum atomic E-state index is 14.5. The molecule has 1 aliphatic rings. The van der Waals surface area contributed by atoms with Crippen LogP contribution in [0.3, 0.4) is 0 Å². The van der Waals surface area contributed by atoms with Crippen molar-refractivity contribution >= 4 is 17.9 Å². The van der Waals surface area contributed by atoms with Crippen LogP contribution in [0.25, 0.3) is 12.2 Å². The first-order chi connectivity index (χ1) is 14.7. The van der Waals surface area contributed by atoms with E-state index in [2.05, 4.69) is 0 Å². The molecule has 0 spiro atoms. The Morgan fingerprint density at radius 3 is 1.55 bits per heavy atom. The van der Waals surface area contributed by atoms with E-state index in [4.69, 9.17) is 9.47 Å². The fourth-order valence-corrected chi connectivity index (χ4v) is 3.39. The van der Waals surface area contributed by atoms with Crippen LogP contribution >= 0.6 is 0 Å². The molecule has 164 valence electrons. The molecule has 0 unspecified atom stereocenters. The van der Waals surface area contributed by atoms with Crippen molar-refractivity contribution in [2.24, 2.45) is 0 Å². The normalized spacial score (nSPS) is 16.8. The zero-order chi connectivity index (χ0) is 22.9. The van der Waals surface area contributed by atoms with Gasteiger partial charge in [-0.3, -0.25) is 4.79 Å². The number of aromatic hydroxyl groups is 2. The van der Waals surface area contributed by atoms with Crippen molar-refractivity contribution in [2.45, 2.75) is 19.3 Å². The zero-order valence-corrected chi connectivity index (χ0v) is 16.6. The van der Waals surface area contributed by atoms with Crippen LogP contribution in [-0.4, -0.2) is 30.2 Å². The van der Waals surface area contributed by atoms with E-state index < -0.39 is 63.2 Å². The van der Waals surface area contributed by atoms with E-state index in [0.29, 0.717) is 18.6 Å². The van der Waals surface area contributed by atoms with Crippen LogP contribution in [0, 0.1) is 23.3 Å². The van der Waals surface area contributed by atoms with Crippen LogP contribution in [0.4, 0.5) is 17.6 Å². The van der Waals surface area contributed by atoms with Gasteiger partial charge in [-0.25, -0.2) is 17.6 Å². The van der Waals surface area contributed by atoms with Gasteiger partial charge in [0.05, 0.1) is 25.3 Å². The second-order valence-corrected chi connectivity index (χ2v) is 6.80.